The smallest absolute Gasteiger partial charge is 0.251 e. The third-order valence-electron chi connectivity index (χ3n) is 4.12. The van der Waals surface area contributed by atoms with E-state index in [4.69, 9.17) is 0 Å². The van der Waals surface area contributed by atoms with E-state index in [2.05, 4.69) is 5.32 Å². The Balaban J connectivity index is 2.31. The number of carbonyl (C=O) groups is 1. The van der Waals surface area contributed by atoms with Gasteiger partial charge in [0.05, 0.1) is 18.5 Å². The third-order valence-corrected chi connectivity index (χ3v) is 5.23. The fraction of sp³-hybridized carbons (Fsp3) is 0.381. The summed E-state index contributed by atoms with van der Waals surface area (Å²) in [5.74, 6) is -0.149. The minimum Gasteiger partial charge on any atom is -0.347 e. The van der Waals surface area contributed by atoms with Crippen LogP contribution in [0.4, 0.5) is 5.69 Å². The van der Waals surface area contributed by atoms with Crippen LogP contribution in [0.3, 0.4) is 0 Å². The second-order valence-corrected chi connectivity index (χ2v) is 9.82. The average molecular weight is 389 g/mol. The molecule has 2 rings (SSSR count). The summed E-state index contributed by atoms with van der Waals surface area (Å²) in [5.41, 5.74) is 3.56. The fourth-order valence-corrected chi connectivity index (χ4v) is 3.90. The summed E-state index contributed by atoms with van der Waals surface area (Å²) in [6.07, 6.45) is 1.21. The topological polar surface area (TPSA) is 66.5 Å². The van der Waals surface area contributed by atoms with Gasteiger partial charge in [0, 0.05) is 11.1 Å². The standard InChI is InChI=1S/C21H28N2O3S/c1-15-8-7-9-16(2)19(15)23(27(6,25)26)14-17-10-12-18(13-11-17)20(24)22-21(3,4)5/h7-13H,14H2,1-6H3,(H,22,24). The van der Waals surface area contributed by atoms with E-state index in [1.807, 2.05) is 52.8 Å². The molecule has 146 valence electrons. The molecule has 0 radical (unpaired) electrons. The molecule has 0 saturated heterocycles. The molecule has 0 saturated carbocycles. The summed E-state index contributed by atoms with van der Waals surface area (Å²) in [6, 6.07) is 12.8. The molecule has 0 spiro atoms. The van der Waals surface area contributed by atoms with E-state index in [0.717, 1.165) is 16.7 Å². The molecule has 0 atom stereocenters. The first-order chi connectivity index (χ1) is 12.4. The SMILES string of the molecule is Cc1cccc(C)c1N(Cc1ccc(C(=O)NC(C)(C)C)cc1)S(C)(=O)=O. The van der Waals surface area contributed by atoms with Crippen molar-refractivity contribution in [2.75, 3.05) is 10.6 Å². The predicted octanol–water partition coefficient (Wildman–Crippen LogP) is 3.80. The first-order valence-corrected chi connectivity index (χ1v) is 10.7. The van der Waals surface area contributed by atoms with E-state index < -0.39 is 10.0 Å². The largest absolute Gasteiger partial charge is 0.347 e. The number of nitrogens with zero attached hydrogens (tertiary/aromatic N) is 1. The van der Waals surface area contributed by atoms with Crippen molar-refractivity contribution < 1.29 is 13.2 Å². The van der Waals surface area contributed by atoms with Gasteiger partial charge in [-0.15, -0.1) is 0 Å². The highest BCUT2D eigenvalue weighted by Crippen LogP contribution is 2.28. The van der Waals surface area contributed by atoms with Crippen LogP contribution in [0.15, 0.2) is 42.5 Å². The molecule has 1 amide bonds. The lowest BCUT2D eigenvalue weighted by Crippen LogP contribution is -2.40. The average Bonchev–Trinajstić information content (AvgIpc) is 2.51. The summed E-state index contributed by atoms with van der Waals surface area (Å²) < 4.78 is 26.3. The molecule has 0 bridgehead atoms. The van der Waals surface area contributed by atoms with Crippen molar-refractivity contribution in [1.29, 1.82) is 0 Å². The van der Waals surface area contributed by atoms with E-state index in [-0.39, 0.29) is 18.0 Å². The van der Waals surface area contributed by atoms with Crippen molar-refractivity contribution in [2.45, 2.75) is 46.7 Å². The number of anilines is 1. The van der Waals surface area contributed by atoms with Crippen molar-refractivity contribution in [3.8, 4) is 0 Å². The van der Waals surface area contributed by atoms with Crippen LogP contribution in [-0.4, -0.2) is 26.1 Å². The normalized spacial score (nSPS) is 11.9. The second-order valence-electron chi connectivity index (χ2n) is 7.91. The maximum atomic E-state index is 12.4. The lowest BCUT2D eigenvalue weighted by Gasteiger charge is -2.26. The number of amides is 1. The number of sulfonamides is 1. The van der Waals surface area contributed by atoms with Crippen LogP contribution in [0.25, 0.3) is 0 Å². The van der Waals surface area contributed by atoms with Gasteiger partial charge < -0.3 is 5.32 Å². The number of carbonyl (C=O) groups excluding carboxylic acids is 1. The molecule has 0 aliphatic rings. The van der Waals surface area contributed by atoms with Crippen LogP contribution in [0.5, 0.6) is 0 Å². The molecule has 6 heteroatoms. The van der Waals surface area contributed by atoms with Crippen molar-refractivity contribution >= 4 is 21.6 Å². The van der Waals surface area contributed by atoms with Gasteiger partial charge in [-0.2, -0.15) is 0 Å². The van der Waals surface area contributed by atoms with Crippen LogP contribution >= 0.6 is 0 Å². The Hall–Kier alpha value is -2.34. The Kier molecular flexibility index (Phi) is 6.00. The van der Waals surface area contributed by atoms with Crippen LogP contribution in [0.1, 0.15) is 47.8 Å². The number of hydrogen-bond donors (Lipinski definition) is 1. The molecule has 0 fully saturated rings. The Morgan fingerprint density at radius 1 is 1.00 bits per heavy atom. The fourth-order valence-electron chi connectivity index (χ4n) is 2.90. The monoisotopic (exact) mass is 388 g/mol. The van der Waals surface area contributed by atoms with E-state index in [1.54, 1.807) is 24.3 Å². The number of aryl methyl sites for hydroxylation is 2. The molecule has 2 aromatic rings. The van der Waals surface area contributed by atoms with Crippen molar-refractivity contribution in [3.63, 3.8) is 0 Å². The molecule has 5 nitrogen and oxygen atoms in total. The Morgan fingerprint density at radius 2 is 1.52 bits per heavy atom. The predicted molar refractivity (Wildman–Crippen MR) is 111 cm³/mol. The van der Waals surface area contributed by atoms with Crippen molar-refractivity contribution in [1.82, 2.24) is 5.32 Å². The van der Waals surface area contributed by atoms with Crippen LogP contribution in [-0.2, 0) is 16.6 Å². The summed E-state index contributed by atoms with van der Waals surface area (Å²) in [7, 11) is -3.46. The molecule has 0 aliphatic heterocycles. The number of benzene rings is 2. The molecule has 1 N–H and O–H groups in total. The summed E-state index contributed by atoms with van der Waals surface area (Å²) in [6.45, 7) is 9.79. The molecule has 0 unspecified atom stereocenters. The minimum atomic E-state index is -3.46. The lowest BCUT2D eigenvalue weighted by molar-refractivity contribution is 0.0919. The quantitative estimate of drug-likeness (QED) is 0.847. The maximum absolute atomic E-state index is 12.4. The molecular formula is C21H28N2O3S. The zero-order valence-corrected chi connectivity index (χ0v) is 17.6. The van der Waals surface area contributed by atoms with Gasteiger partial charge in [-0.25, -0.2) is 8.42 Å². The molecule has 0 aromatic heterocycles. The van der Waals surface area contributed by atoms with Gasteiger partial charge in [-0.05, 0) is 63.4 Å². The van der Waals surface area contributed by atoms with Crippen LogP contribution < -0.4 is 9.62 Å². The highest BCUT2D eigenvalue weighted by atomic mass is 32.2. The van der Waals surface area contributed by atoms with E-state index in [9.17, 15) is 13.2 Å². The number of nitrogens with one attached hydrogen (secondary N) is 1. The van der Waals surface area contributed by atoms with Crippen molar-refractivity contribution in [2.24, 2.45) is 0 Å². The van der Waals surface area contributed by atoms with Gasteiger partial charge in [0.25, 0.3) is 5.91 Å². The first kappa shape index (κ1) is 21.0. The molecule has 27 heavy (non-hydrogen) atoms. The lowest BCUT2D eigenvalue weighted by atomic mass is 10.1. The Labute approximate surface area is 162 Å². The highest BCUT2D eigenvalue weighted by molar-refractivity contribution is 7.92. The summed E-state index contributed by atoms with van der Waals surface area (Å²) in [5, 5.41) is 2.92. The minimum absolute atomic E-state index is 0.149. The maximum Gasteiger partial charge on any atom is 0.251 e. The van der Waals surface area contributed by atoms with Crippen LogP contribution in [0.2, 0.25) is 0 Å². The molecule has 2 aromatic carbocycles. The third kappa shape index (κ3) is 5.57. The van der Waals surface area contributed by atoms with E-state index >= 15 is 0 Å². The zero-order chi connectivity index (χ0) is 20.4. The Bertz CT molecular complexity index is 907. The van der Waals surface area contributed by atoms with Gasteiger partial charge in [-0.1, -0.05) is 30.3 Å². The molecular weight excluding hydrogens is 360 g/mol. The number of rotatable bonds is 5. The molecule has 0 aliphatic carbocycles. The summed E-state index contributed by atoms with van der Waals surface area (Å²) >= 11 is 0. The number of para-hydroxylation sites is 1. The van der Waals surface area contributed by atoms with E-state index in [0.29, 0.717) is 11.3 Å². The number of hydrogen-bond acceptors (Lipinski definition) is 3. The summed E-state index contributed by atoms with van der Waals surface area (Å²) in [4.78, 5) is 12.2. The second kappa shape index (κ2) is 7.72. The molecule has 0 heterocycles. The zero-order valence-electron chi connectivity index (χ0n) is 16.8. The van der Waals surface area contributed by atoms with E-state index in [1.165, 1.54) is 10.6 Å². The van der Waals surface area contributed by atoms with Gasteiger partial charge in [0.15, 0.2) is 0 Å². The van der Waals surface area contributed by atoms with Gasteiger partial charge in [-0.3, -0.25) is 9.10 Å². The van der Waals surface area contributed by atoms with Gasteiger partial charge >= 0.3 is 0 Å². The Morgan fingerprint density at radius 3 is 1.96 bits per heavy atom. The van der Waals surface area contributed by atoms with Crippen LogP contribution in [0, 0.1) is 13.8 Å². The van der Waals surface area contributed by atoms with Crippen molar-refractivity contribution in [3.05, 3.63) is 64.7 Å². The van der Waals surface area contributed by atoms with Gasteiger partial charge in [0.1, 0.15) is 0 Å². The first-order valence-electron chi connectivity index (χ1n) is 8.84. The highest BCUT2D eigenvalue weighted by Gasteiger charge is 2.22. The van der Waals surface area contributed by atoms with Gasteiger partial charge in [0.2, 0.25) is 10.0 Å².